The fourth-order valence-corrected chi connectivity index (χ4v) is 4.35. The molecule has 6 heteroatoms. The molecule has 1 fully saturated rings. The van der Waals surface area contributed by atoms with Gasteiger partial charge in [-0.3, -0.25) is 0 Å². The van der Waals surface area contributed by atoms with Crippen molar-refractivity contribution < 1.29 is 23.1 Å². The number of hydrogen-bond acceptors (Lipinski definition) is 4. The molecular formula is C26H35F2NO3. The Morgan fingerprint density at radius 3 is 2.03 bits per heavy atom. The predicted molar refractivity (Wildman–Crippen MR) is 124 cm³/mol. The van der Waals surface area contributed by atoms with Crippen molar-refractivity contribution in [3.63, 3.8) is 0 Å². The van der Waals surface area contributed by atoms with Gasteiger partial charge in [0.25, 0.3) is 0 Å². The second kappa shape index (κ2) is 11.9. The molecule has 2 N–H and O–H groups in total. The van der Waals surface area contributed by atoms with Gasteiger partial charge < -0.3 is 20.1 Å². The molecule has 0 aromatic heterocycles. The molecule has 32 heavy (non-hydrogen) atoms. The minimum Gasteiger partial charge on any atom is -0.488 e. The molecule has 0 spiro atoms. The fraction of sp³-hybridized carbons (Fsp3) is 0.462. The number of hydrogen-bond donors (Lipinski definition) is 1. The van der Waals surface area contributed by atoms with Crippen LogP contribution in [0.25, 0.3) is 0 Å². The van der Waals surface area contributed by atoms with Gasteiger partial charge in [0.1, 0.15) is 25.5 Å². The molecule has 0 radical (unpaired) electrons. The standard InChI is InChI=1S/C15H17F2NO2.C8H10.C2H6.CH2O/c1-9-4-5-14(7-19)12-10(16)2-3-11(17)13(12)20-8-15(14,18)6-9;1-7-3-5-8(2)6-4-7;2*1-2/h2-3,7,9H,4-6,8,18H2,1H3;3-6H,1-2H3;1-2H3;1H2/t9-,14?,15+;;;/m1.../s1. The first-order chi connectivity index (χ1) is 15.2. The Balaban J connectivity index is 0.000000357. The summed E-state index contributed by atoms with van der Waals surface area (Å²) in [6.45, 7) is 12.3. The minimum atomic E-state index is -1.20. The van der Waals surface area contributed by atoms with Gasteiger partial charge in [0.15, 0.2) is 11.6 Å². The smallest absolute Gasteiger partial charge is 0.165 e. The van der Waals surface area contributed by atoms with Crippen molar-refractivity contribution >= 4 is 13.1 Å². The first-order valence-corrected chi connectivity index (χ1v) is 10.9. The Morgan fingerprint density at radius 2 is 1.53 bits per heavy atom. The van der Waals surface area contributed by atoms with E-state index >= 15 is 0 Å². The van der Waals surface area contributed by atoms with Gasteiger partial charge in [0.2, 0.25) is 0 Å². The highest BCUT2D eigenvalue weighted by molar-refractivity contribution is 5.75. The highest BCUT2D eigenvalue weighted by atomic mass is 19.1. The number of benzene rings is 2. The lowest BCUT2D eigenvalue weighted by Gasteiger charge is -2.53. The summed E-state index contributed by atoms with van der Waals surface area (Å²) < 4.78 is 33.5. The number of ether oxygens (including phenoxy) is 1. The van der Waals surface area contributed by atoms with Crippen LogP contribution >= 0.6 is 0 Å². The number of carbonyl (C=O) groups is 2. The summed E-state index contributed by atoms with van der Waals surface area (Å²) in [4.78, 5) is 19.8. The van der Waals surface area contributed by atoms with Crippen LogP contribution < -0.4 is 10.5 Å². The van der Waals surface area contributed by atoms with E-state index in [2.05, 4.69) is 38.1 Å². The Kier molecular flexibility index (Phi) is 10.2. The lowest BCUT2D eigenvalue weighted by molar-refractivity contribution is -0.119. The molecule has 1 saturated carbocycles. The molecule has 1 unspecified atom stereocenters. The van der Waals surface area contributed by atoms with Crippen molar-refractivity contribution in [3.8, 4) is 5.75 Å². The molecule has 4 rings (SSSR count). The van der Waals surface area contributed by atoms with Crippen LogP contribution in [0, 0.1) is 31.4 Å². The molecule has 1 aliphatic heterocycles. The number of carbonyl (C=O) groups excluding carboxylic acids is 2. The maximum atomic E-state index is 14.3. The molecule has 0 amide bonds. The summed E-state index contributed by atoms with van der Waals surface area (Å²) in [5, 5.41) is 0. The monoisotopic (exact) mass is 447 g/mol. The maximum Gasteiger partial charge on any atom is 0.165 e. The van der Waals surface area contributed by atoms with E-state index in [0.717, 1.165) is 18.6 Å². The van der Waals surface area contributed by atoms with Gasteiger partial charge in [-0.25, -0.2) is 8.78 Å². The number of halogens is 2. The van der Waals surface area contributed by atoms with E-state index in [4.69, 9.17) is 15.3 Å². The van der Waals surface area contributed by atoms with E-state index in [9.17, 15) is 13.6 Å². The topological polar surface area (TPSA) is 69.4 Å². The summed E-state index contributed by atoms with van der Waals surface area (Å²) in [6.07, 6.45) is 2.43. The number of nitrogens with two attached hydrogens (primary N) is 1. The van der Waals surface area contributed by atoms with Gasteiger partial charge >= 0.3 is 0 Å². The van der Waals surface area contributed by atoms with Gasteiger partial charge in [-0.15, -0.1) is 0 Å². The number of fused-ring (bicyclic) bond motifs is 3. The summed E-state index contributed by atoms with van der Waals surface area (Å²) in [6, 6.07) is 10.5. The molecule has 2 aromatic carbocycles. The maximum absolute atomic E-state index is 14.3. The zero-order chi connectivity index (χ0) is 24.5. The average molecular weight is 448 g/mol. The van der Waals surface area contributed by atoms with E-state index in [1.807, 2.05) is 27.6 Å². The van der Waals surface area contributed by atoms with Crippen molar-refractivity contribution in [3.05, 3.63) is 64.7 Å². The summed E-state index contributed by atoms with van der Waals surface area (Å²) in [5.41, 5.74) is 6.87. The molecule has 3 atom stereocenters. The second-order valence-corrected chi connectivity index (χ2v) is 8.27. The average Bonchev–Trinajstić information content (AvgIpc) is 2.80. The highest BCUT2D eigenvalue weighted by Crippen LogP contribution is 2.52. The Labute approximate surface area is 190 Å². The van der Waals surface area contributed by atoms with Crippen LogP contribution in [0.4, 0.5) is 8.78 Å². The number of aldehydes is 1. The second-order valence-electron chi connectivity index (χ2n) is 8.27. The van der Waals surface area contributed by atoms with Crippen LogP contribution in [-0.4, -0.2) is 25.2 Å². The first-order valence-electron chi connectivity index (χ1n) is 10.9. The third-order valence-corrected chi connectivity index (χ3v) is 6.03. The SMILES string of the molecule is C=O.CC.C[C@@H]1CCC2(C=O)c3c(F)ccc(F)c3OC[C@@]2(N)C1.Cc1ccc(C)cc1. The molecule has 4 nitrogen and oxygen atoms in total. The number of aryl methyl sites for hydroxylation is 2. The molecule has 0 bridgehead atoms. The van der Waals surface area contributed by atoms with E-state index in [-0.39, 0.29) is 17.9 Å². The van der Waals surface area contributed by atoms with Crippen LogP contribution in [0.2, 0.25) is 0 Å². The largest absolute Gasteiger partial charge is 0.488 e. The van der Waals surface area contributed by atoms with Crippen molar-refractivity contribution in [2.45, 2.75) is 64.8 Å². The Bertz CT molecular complexity index is 866. The van der Waals surface area contributed by atoms with Crippen LogP contribution in [-0.2, 0) is 15.0 Å². The summed E-state index contributed by atoms with van der Waals surface area (Å²) in [7, 11) is 0. The van der Waals surface area contributed by atoms with Crippen LogP contribution in [0.5, 0.6) is 5.75 Å². The third-order valence-electron chi connectivity index (χ3n) is 6.03. The van der Waals surface area contributed by atoms with Crippen molar-refractivity contribution in [1.82, 2.24) is 0 Å². The zero-order valence-corrected chi connectivity index (χ0v) is 19.7. The molecule has 2 aromatic rings. The van der Waals surface area contributed by atoms with Gasteiger partial charge in [-0.2, -0.15) is 0 Å². The number of rotatable bonds is 1. The first kappa shape index (κ1) is 27.4. The third kappa shape index (κ3) is 5.41. The lowest BCUT2D eigenvalue weighted by Crippen LogP contribution is -2.67. The van der Waals surface area contributed by atoms with Gasteiger partial charge in [0.05, 0.1) is 11.0 Å². The normalized spacial score (nSPS) is 24.9. The van der Waals surface area contributed by atoms with Crippen LogP contribution in [0.1, 0.15) is 56.7 Å². The van der Waals surface area contributed by atoms with E-state index in [0.29, 0.717) is 25.0 Å². The lowest BCUT2D eigenvalue weighted by atomic mass is 9.56. The van der Waals surface area contributed by atoms with E-state index < -0.39 is 22.6 Å². The van der Waals surface area contributed by atoms with Crippen LogP contribution in [0.15, 0.2) is 36.4 Å². The molecular weight excluding hydrogens is 412 g/mol. The summed E-state index contributed by atoms with van der Waals surface area (Å²) >= 11 is 0. The van der Waals surface area contributed by atoms with Crippen LogP contribution in [0.3, 0.4) is 0 Å². The van der Waals surface area contributed by atoms with Gasteiger partial charge in [-0.1, -0.05) is 56.2 Å². The van der Waals surface area contributed by atoms with E-state index in [1.54, 1.807) is 0 Å². The Morgan fingerprint density at radius 1 is 1.03 bits per heavy atom. The van der Waals surface area contributed by atoms with Crippen molar-refractivity contribution in [1.29, 1.82) is 0 Å². The quantitative estimate of drug-likeness (QED) is 0.590. The van der Waals surface area contributed by atoms with Crippen molar-refractivity contribution in [2.24, 2.45) is 11.7 Å². The highest BCUT2D eigenvalue weighted by Gasteiger charge is 2.58. The summed E-state index contributed by atoms with van der Waals surface area (Å²) in [5.74, 6) is -1.11. The van der Waals surface area contributed by atoms with E-state index in [1.165, 1.54) is 11.1 Å². The molecule has 1 aliphatic carbocycles. The van der Waals surface area contributed by atoms with Crippen molar-refractivity contribution in [2.75, 3.05) is 6.61 Å². The minimum absolute atomic E-state index is 0.00634. The molecule has 176 valence electrons. The van der Waals surface area contributed by atoms with Gasteiger partial charge in [-0.05, 0) is 51.2 Å². The molecule has 1 heterocycles. The fourth-order valence-electron chi connectivity index (χ4n) is 4.35. The molecule has 0 saturated heterocycles. The predicted octanol–water partition coefficient (Wildman–Crippen LogP) is 5.46. The zero-order valence-electron chi connectivity index (χ0n) is 19.7. The molecule has 2 aliphatic rings. The Hall–Kier alpha value is -2.60. The van der Waals surface area contributed by atoms with Gasteiger partial charge in [0, 0.05) is 5.56 Å².